The van der Waals surface area contributed by atoms with Crippen LogP contribution in [0.1, 0.15) is 5.69 Å². The molecule has 2 aromatic rings. The molecule has 0 saturated carbocycles. The zero-order valence-corrected chi connectivity index (χ0v) is 11.3. The van der Waals surface area contributed by atoms with Crippen LogP contribution in [-0.2, 0) is 16.0 Å². The Labute approximate surface area is 119 Å². The van der Waals surface area contributed by atoms with Crippen LogP contribution < -0.4 is 10.6 Å². The number of aromatic nitrogens is 1. The van der Waals surface area contributed by atoms with Crippen LogP contribution in [0.2, 0.25) is 0 Å². The molecule has 2 rings (SSSR count). The fourth-order valence-electron chi connectivity index (χ4n) is 1.72. The number of benzene rings is 1. The number of rotatable bonds is 5. The van der Waals surface area contributed by atoms with E-state index >= 15 is 0 Å². The molecule has 7 heteroatoms. The fraction of sp³-hybridized carbons (Fsp3) is 0.154. The van der Waals surface area contributed by atoms with Crippen molar-refractivity contribution in [1.29, 1.82) is 0 Å². The zero-order valence-electron chi connectivity index (χ0n) is 10.5. The van der Waals surface area contributed by atoms with Gasteiger partial charge in [0.25, 0.3) is 0 Å². The molecule has 20 heavy (non-hydrogen) atoms. The second-order valence-corrected chi connectivity index (χ2v) is 4.95. The summed E-state index contributed by atoms with van der Waals surface area (Å²) in [6.07, 6.45) is 0.0237. The minimum Gasteiger partial charge on any atom is -0.480 e. The van der Waals surface area contributed by atoms with Gasteiger partial charge in [-0.1, -0.05) is 18.2 Å². The number of carboxylic acids is 1. The third-order valence-electron chi connectivity index (χ3n) is 2.56. The summed E-state index contributed by atoms with van der Waals surface area (Å²) >= 11 is 1.25. The van der Waals surface area contributed by atoms with E-state index in [0.717, 1.165) is 0 Å². The van der Waals surface area contributed by atoms with Gasteiger partial charge in [-0.05, 0) is 12.1 Å². The maximum Gasteiger partial charge on any atom is 0.323 e. The SMILES string of the molecule is Nc1nc(CC(=O)N(CC(=O)O)c2ccccc2)cs1. The molecule has 0 atom stereocenters. The van der Waals surface area contributed by atoms with Crippen LogP contribution in [0.25, 0.3) is 0 Å². The van der Waals surface area contributed by atoms with E-state index in [1.165, 1.54) is 16.2 Å². The summed E-state index contributed by atoms with van der Waals surface area (Å²) in [4.78, 5) is 28.4. The number of nitrogen functional groups attached to an aromatic ring is 1. The van der Waals surface area contributed by atoms with E-state index in [0.29, 0.717) is 16.5 Å². The summed E-state index contributed by atoms with van der Waals surface area (Å²) in [5.41, 5.74) is 6.60. The predicted octanol–water partition coefficient (Wildman–Crippen LogP) is 1.39. The van der Waals surface area contributed by atoms with Crippen LogP contribution in [0.4, 0.5) is 10.8 Å². The lowest BCUT2D eigenvalue weighted by atomic mass is 10.2. The molecule has 0 bridgehead atoms. The van der Waals surface area contributed by atoms with Crippen molar-refractivity contribution < 1.29 is 14.7 Å². The van der Waals surface area contributed by atoms with Gasteiger partial charge in [0, 0.05) is 11.1 Å². The second-order valence-electron chi connectivity index (χ2n) is 4.06. The number of anilines is 2. The van der Waals surface area contributed by atoms with Gasteiger partial charge in [0.1, 0.15) is 6.54 Å². The van der Waals surface area contributed by atoms with E-state index in [-0.39, 0.29) is 18.9 Å². The van der Waals surface area contributed by atoms with Crippen LogP contribution >= 0.6 is 11.3 Å². The molecule has 0 unspecified atom stereocenters. The highest BCUT2D eigenvalue weighted by Gasteiger charge is 2.19. The minimum absolute atomic E-state index is 0.0237. The van der Waals surface area contributed by atoms with Gasteiger partial charge in [0.2, 0.25) is 5.91 Å². The van der Waals surface area contributed by atoms with Gasteiger partial charge < -0.3 is 15.7 Å². The van der Waals surface area contributed by atoms with Crippen LogP contribution in [0.15, 0.2) is 35.7 Å². The number of carbonyl (C=O) groups is 2. The molecule has 1 amide bonds. The Kier molecular flexibility index (Phi) is 4.31. The smallest absolute Gasteiger partial charge is 0.323 e. The molecule has 0 radical (unpaired) electrons. The van der Waals surface area contributed by atoms with E-state index in [1.54, 1.807) is 35.7 Å². The number of hydrogen-bond donors (Lipinski definition) is 2. The second kappa shape index (κ2) is 6.16. The summed E-state index contributed by atoms with van der Waals surface area (Å²) in [7, 11) is 0. The Bertz CT molecular complexity index is 612. The van der Waals surface area contributed by atoms with E-state index < -0.39 is 5.97 Å². The van der Waals surface area contributed by atoms with Crippen molar-refractivity contribution in [2.24, 2.45) is 0 Å². The predicted molar refractivity (Wildman–Crippen MR) is 76.7 cm³/mol. The van der Waals surface area contributed by atoms with Crippen molar-refractivity contribution in [3.63, 3.8) is 0 Å². The number of amides is 1. The molecule has 0 fully saturated rings. The number of nitrogens with zero attached hydrogens (tertiary/aromatic N) is 2. The number of thiazole rings is 1. The summed E-state index contributed by atoms with van der Waals surface area (Å²) in [6.45, 7) is -0.386. The summed E-state index contributed by atoms with van der Waals surface area (Å²) < 4.78 is 0. The first kappa shape index (κ1) is 14.0. The first-order valence-electron chi connectivity index (χ1n) is 5.83. The summed E-state index contributed by atoms with van der Waals surface area (Å²) in [6, 6.07) is 8.68. The molecule has 0 saturated heterocycles. The van der Waals surface area contributed by atoms with Crippen molar-refractivity contribution >= 4 is 34.0 Å². The maximum absolute atomic E-state index is 12.2. The van der Waals surface area contributed by atoms with E-state index in [1.807, 2.05) is 0 Å². The zero-order chi connectivity index (χ0) is 14.5. The molecule has 0 aliphatic carbocycles. The first-order chi connectivity index (χ1) is 9.56. The monoisotopic (exact) mass is 291 g/mol. The quantitative estimate of drug-likeness (QED) is 0.867. The van der Waals surface area contributed by atoms with Gasteiger partial charge in [0.15, 0.2) is 5.13 Å². The van der Waals surface area contributed by atoms with Crippen molar-refractivity contribution in [1.82, 2.24) is 4.98 Å². The van der Waals surface area contributed by atoms with Crippen molar-refractivity contribution in [2.45, 2.75) is 6.42 Å². The molecule has 0 aliphatic rings. The molecule has 0 aliphatic heterocycles. The van der Waals surface area contributed by atoms with E-state index in [4.69, 9.17) is 10.8 Å². The van der Waals surface area contributed by atoms with Crippen molar-refractivity contribution in [3.8, 4) is 0 Å². The maximum atomic E-state index is 12.2. The van der Waals surface area contributed by atoms with Crippen LogP contribution in [0.3, 0.4) is 0 Å². The average Bonchev–Trinajstić information content (AvgIpc) is 2.82. The largest absolute Gasteiger partial charge is 0.480 e. The Morgan fingerprint density at radius 1 is 1.30 bits per heavy atom. The minimum atomic E-state index is -1.07. The third kappa shape index (κ3) is 3.55. The molecule has 3 N–H and O–H groups in total. The van der Waals surface area contributed by atoms with E-state index in [2.05, 4.69) is 4.98 Å². The number of para-hydroxylation sites is 1. The fourth-order valence-corrected chi connectivity index (χ4v) is 2.28. The van der Waals surface area contributed by atoms with E-state index in [9.17, 15) is 9.59 Å². The van der Waals surface area contributed by atoms with Gasteiger partial charge in [-0.15, -0.1) is 11.3 Å². The number of carboxylic acid groups (broad SMARTS) is 1. The van der Waals surface area contributed by atoms with Crippen LogP contribution in [-0.4, -0.2) is 28.5 Å². The highest BCUT2D eigenvalue weighted by Crippen LogP contribution is 2.17. The lowest BCUT2D eigenvalue weighted by molar-refractivity contribution is -0.136. The summed E-state index contributed by atoms with van der Waals surface area (Å²) in [5, 5.41) is 11.0. The standard InChI is InChI=1S/C13H13N3O3S/c14-13-15-9(8-20-13)6-11(17)16(7-12(18)19)10-4-2-1-3-5-10/h1-5,8H,6-7H2,(H2,14,15)(H,18,19). The molecule has 0 spiro atoms. The first-order valence-corrected chi connectivity index (χ1v) is 6.71. The molecule has 6 nitrogen and oxygen atoms in total. The Hall–Kier alpha value is -2.41. The molecule has 1 aromatic carbocycles. The number of hydrogen-bond acceptors (Lipinski definition) is 5. The van der Waals surface area contributed by atoms with Gasteiger partial charge >= 0.3 is 5.97 Å². The van der Waals surface area contributed by atoms with Crippen molar-refractivity contribution in [3.05, 3.63) is 41.4 Å². The Morgan fingerprint density at radius 3 is 2.55 bits per heavy atom. The van der Waals surface area contributed by atoms with Gasteiger partial charge in [-0.2, -0.15) is 0 Å². The van der Waals surface area contributed by atoms with Gasteiger partial charge in [-0.3, -0.25) is 9.59 Å². The summed E-state index contributed by atoms with van der Waals surface area (Å²) in [5.74, 6) is -1.40. The van der Waals surface area contributed by atoms with Crippen LogP contribution in [0, 0.1) is 0 Å². The van der Waals surface area contributed by atoms with Gasteiger partial charge in [-0.25, -0.2) is 4.98 Å². The number of aliphatic carboxylic acids is 1. The lowest BCUT2D eigenvalue weighted by Crippen LogP contribution is -2.36. The highest BCUT2D eigenvalue weighted by atomic mass is 32.1. The van der Waals surface area contributed by atoms with Crippen LogP contribution in [0.5, 0.6) is 0 Å². The topological polar surface area (TPSA) is 96.5 Å². The molecule has 1 heterocycles. The Morgan fingerprint density at radius 2 is 2.00 bits per heavy atom. The third-order valence-corrected chi connectivity index (χ3v) is 3.29. The normalized spacial score (nSPS) is 10.2. The average molecular weight is 291 g/mol. The Balaban J connectivity index is 2.18. The molecular formula is C13H13N3O3S. The highest BCUT2D eigenvalue weighted by molar-refractivity contribution is 7.13. The molecular weight excluding hydrogens is 278 g/mol. The van der Waals surface area contributed by atoms with Gasteiger partial charge in [0.05, 0.1) is 12.1 Å². The lowest BCUT2D eigenvalue weighted by Gasteiger charge is -2.20. The number of carbonyl (C=O) groups excluding carboxylic acids is 1. The molecule has 104 valence electrons. The molecule has 1 aromatic heterocycles. The number of nitrogens with two attached hydrogens (primary N) is 1. The van der Waals surface area contributed by atoms with Crippen molar-refractivity contribution in [2.75, 3.05) is 17.2 Å².